The Morgan fingerprint density at radius 3 is 2.62 bits per heavy atom. The van der Waals surface area contributed by atoms with E-state index in [-0.39, 0.29) is 23.6 Å². The predicted octanol–water partition coefficient (Wildman–Crippen LogP) is 7.45. The topological polar surface area (TPSA) is 60.8 Å². The Labute approximate surface area is 215 Å². The average Bonchev–Trinajstić information content (AvgIpc) is 3.38. The van der Waals surface area contributed by atoms with Gasteiger partial charge in [-0.3, -0.25) is 9.78 Å². The third-order valence-electron chi connectivity index (χ3n) is 6.57. The van der Waals surface area contributed by atoms with Crippen LogP contribution in [0.5, 0.6) is 5.75 Å². The molecule has 0 saturated carbocycles. The molecule has 0 amide bonds. The number of carbonyl (C=O) groups excluding carboxylic acids is 1. The number of carbonyl (C=O) groups is 1. The first-order valence-corrected chi connectivity index (χ1v) is 12.4. The quantitative estimate of drug-likeness (QED) is 0.249. The second kappa shape index (κ2) is 10.1. The molecule has 0 saturated heterocycles. The maximum atomic E-state index is 14.9. The normalized spacial score (nSPS) is 15.1. The van der Waals surface area contributed by atoms with Crippen molar-refractivity contribution in [3.63, 3.8) is 0 Å². The van der Waals surface area contributed by atoms with Gasteiger partial charge in [0.1, 0.15) is 11.6 Å². The van der Waals surface area contributed by atoms with Crippen LogP contribution in [0.25, 0.3) is 21.9 Å². The van der Waals surface area contributed by atoms with E-state index in [1.54, 1.807) is 25.4 Å². The third kappa shape index (κ3) is 5.24. The zero-order chi connectivity index (χ0) is 26.1. The van der Waals surface area contributed by atoms with Gasteiger partial charge in [-0.2, -0.15) is 0 Å². The largest absolute Gasteiger partial charge is 0.497 e. The van der Waals surface area contributed by atoms with Crippen LogP contribution in [0.1, 0.15) is 60.0 Å². The predicted molar refractivity (Wildman–Crippen MR) is 144 cm³/mol. The first-order valence-electron chi connectivity index (χ1n) is 12.4. The fourth-order valence-corrected chi connectivity index (χ4v) is 4.60. The molecule has 188 valence electrons. The molecule has 5 rings (SSSR count). The molecule has 1 unspecified atom stereocenters. The van der Waals surface area contributed by atoms with Gasteiger partial charge in [-0.25, -0.2) is 4.39 Å². The van der Waals surface area contributed by atoms with Crippen molar-refractivity contribution in [2.45, 2.75) is 39.7 Å². The standard InChI is InChI=1S/C31H29FN2O3/c1-18(2)9-30(35)23-12-21(26-8-5-19(3)10-27(26)32)11-22(13-23)28-16-31(37-34-28)29-15-20-6-7-25(36-4)14-24(20)17-33-29/h5-8,10-15,17-18,31H,9,16H2,1-4H3. The Hall–Kier alpha value is -4.06. The molecule has 1 atom stereocenters. The maximum absolute atomic E-state index is 14.9. The molecule has 37 heavy (non-hydrogen) atoms. The molecule has 0 radical (unpaired) electrons. The van der Waals surface area contributed by atoms with Crippen LogP contribution >= 0.6 is 0 Å². The second-order valence-corrected chi connectivity index (χ2v) is 9.96. The van der Waals surface area contributed by atoms with Gasteiger partial charge in [0, 0.05) is 41.1 Å². The van der Waals surface area contributed by atoms with Gasteiger partial charge in [0.2, 0.25) is 0 Å². The number of hydrogen-bond donors (Lipinski definition) is 0. The van der Waals surface area contributed by atoms with Gasteiger partial charge in [-0.1, -0.05) is 37.2 Å². The average molecular weight is 497 g/mol. The van der Waals surface area contributed by atoms with Crippen molar-refractivity contribution in [2.75, 3.05) is 7.11 Å². The number of nitrogens with zero attached hydrogens (tertiary/aromatic N) is 2. The lowest BCUT2D eigenvalue weighted by Crippen LogP contribution is -2.08. The molecule has 6 heteroatoms. The van der Waals surface area contributed by atoms with Gasteiger partial charge in [0.25, 0.3) is 0 Å². The summed E-state index contributed by atoms with van der Waals surface area (Å²) >= 11 is 0. The van der Waals surface area contributed by atoms with E-state index in [0.717, 1.165) is 33.3 Å². The highest BCUT2D eigenvalue weighted by atomic mass is 19.1. The van der Waals surface area contributed by atoms with Gasteiger partial charge in [-0.05, 0) is 71.8 Å². The zero-order valence-electron chi connectivity index (χ0n) is 21.4. The van der Waals surface area contributed by atoms with Crippen LogP contribution < -0.4 is 4.74 Å². The fraction of sp³-hybridized carbons (Fsp3) is 0.258. The molecule has 1 aliphatic heterocycles. The summed E-state index contributed by atoms with van der Waals surface area (Å²) in [5.74, 6) is 0.691. The van der Waals surface area contributed by atoms with Crippen LogP contribution in [0.3, 0.4) is 0 Å². The van der Waals surface area contributed by atoms with Gasteiger partial charge >= 0.3 is 0 Å². The SMILES string of the molecule is COc1ccc2cc(C3CC(c4cc(C(=O)CC(C)C)cc(-c5ccc(C)cc5F)c4)=NO3)ncc2c1. The number of ketones is 1. The van der Waals surface area contributed by atoms with E-state index in [4.69, 9.17) is 9.57 Å². The Balaban J connectivity index is 1.47. The van der Waals surface area contributed by atoms with Crippen LogP contribution in [0, 0.1) is 18.7 Å². The summed E-state index contributed by atoms with van der Waals surface area (Å²) in [7, 11) is 1.64. The van der Waals surface area contributed by atoms with Crippen molar-refractivity contribution in [3.8, 4) is 16.9 Å². The number of methoxy groups -OCH3 is 1. The van der Waals surface area contributed by atoms with Gasteiger partial charge in [0.05, 0.1) is 18.5 Å². The Bertz CT molecular complexity index is 1530. The van der Waals surface area contributed by atoms with E-state index in [9.17, 15) is 9.18 Å². The number of Topliss-reactive ketones (excluding diaryl/α,β-unsaturated/α-hetero) is 1. The number of aromatic nitrogens is 1. The van der Waals surface area contributed by atoms with Crippen molar-refractivity contribution in [2.24, 2.45) is 11.1 Å². The van der Waals surface area contributed by atoms with Gasteiger partial charge in [0.15, 0.2) is 11.9 Å². The van der Waals surface area contributed by atoms with Gasteiger partial charge < -0.3 is 9.57 Å². The lowest BCUT2D eigenvalue weighted by molar-refractivity contribution is 0.0827. The number of oxime groups is 1. The minimum absolute atomic E-state index is 0.0216. The lowest BCUT2D eigenvalue weighted by Gasteiger charge is -2.12. The summed E-state index contributed by atoms with van der Waals surface area (Å²) in [6.07, 6.45) is 2.36. The zero-order valence-corrected chi connectivity index (χ0v) is 21.4. The molecule has 1 aliphatic rings. The monoisotopic (exact) mass is 496 g/mol. The number of pyridine rings is 1. The van der Waals surface area contributed by atoms with Crippen LogP contribution in [0.2, 0.25) is 0 Å². The minimum atomic E-state index is -0.351. The van der Waals surface area contributed by atoms with E-state index >= 15 is 0 Å². The summed E-state index contributed by atoms with van der Waals surface area (Å²) in [5, 5.41) is 6.36. The molecule has 0 spiro atoms. The highest BCUT2D eigenvalue weighted by Crippen LogP contribution is 2.33. The van der Waals surface area contributed by atoms with Crippen LogP contribution in [0.4, 0.5) is 4.39 Å². The van der Waals surface area contributed by atoms with E-state index in [2.05, 4.69) is 10.1 Å². The highest BCUT2D eigenvalue weighted by molar-refractivity contribution is 6.06. The first-order chi connectivity index (χ1) is 17.8. The summed E-state index contributed by atoms with van der Waals surface area (Å²) in [4.78, 5) is 23.4. The van der Waals surface area contributed by atoms with E-state index in [1.165, 1.54) is 6.07 Å². The van der Waals surface area contributed by atoms with Crippen LogP contribution in [-0.2, 0) is 4.84 Å². The van der Waals surface area contributed by atoms with Crippen LogP contribution in [-0.4, -0.2) is 23.6 Å². The summed E-state index contributed by atoms with van der Waals surface area (Å²) in [5.41, 5.74) is 4.71. The van der Waals surface area contributed by atoms with Crippen molar-refractivity contribution in [1.82, 2.24) is 4.98 Å². The van der Waals surface area contributed by atoms with Crippen LogP contribution in [0.15, 0.2) is 72.0 Å². The number of fused-ring (bicyclic) bond motifs is 1. The lowest BCUT2D eigenvalue weighted by atomic mass is 9.92. The minimum Gasteiger partial charge on any atom is -0.497 e. The first kappa shape index (κ1) is 24.6. The number of aryl methyl sites for hydroxylation is 1. The molecule has 1 aromatic heterocycles. The summed E-state index contributed by atoms with van der Waals surface area (Å²) < 4.78 is 20.2. The number of ether oxygens (including phenoxy) is 1. The van der Waals surface area contributed by atoms with Crippen molar-refractivity contribution in [1.29, 1.82) is 0 Å². The molecular weight excluding hydrogens is 467 g/mol. The molecule has 0 bridgehead atoms. The molecule has 4 aromatic rings. The molecule has 3 aromatic carbocycles. The van der Waals surface area contributed by atoms with Crippen molar-refractivity contribution >= 4 is 22.3 Å². The third-order valence-corrected chi connectivity index (χ3v) is 6.57. The summed E-state index contributed by atoms with van der Waals surface area (Å²) in [6.45, 7) is 5.87. The number of hydrogen-bond acceptors (Lipinski definition) is 5. The maximum Gasteiger partial charge on any atom is 0.174 e. The smallest absolute Gasteiger partial charge is 0.174 e. The van der Waals surface area contributed by atoms with E-state index in [0.29, 0.717) is 35.2 Å². The van der Waals surface area contributed by atoms with Crippen molar-refractivity contribution < 1.29 is 18.8 Å². The van der Waals surface area contributed by atoms with E-state index < -0.39 is 0 Å². The summed E-state index contributed by atoms with van der Waals surface area (Å²) in [6, 6.07) is 18.5. The molecule has 0 aliphatic carbocycles. The number of benzene rings is 3. The van der Waals surface area contributed by atoms with Crippen molar-refractivity contribution in [3.05, 3.63) is 95.1 Å². The van der Waals surface area contributed by atoms with E-state index in [1.807, 2.05) is 63.2 Å². The second-order valence-electron chi connectivity index (χ2n) is 9.96. The molecule has 5 nitrogen and oxygen atoms in total. The Kier molecular flexibility index (Phi) is 6.74. The van der Waals surface area contributed by atoms with Gasteiger partial charge in [-0.15, -0.1) is 0 Å². The Morgan fingerprint density at radius 1 is 1.05 bits per heavy atom. The fourth-order valence-electron chi connectivity index (χ4n) is 4.60. The number of rotatable bonds is 7. The number of halogens is 1. The highest BCUT2D eigenvalue weighted by Gasteiger charge is 2.26. The molecule has 2 heterocycles. The molecule has 0 N–H and O–H groups in total. The molecule has 0 fully saturated rings. The molecular formula is C31H29FN2O3. The Morgan fingerprint density at radius 2 is 1.86 bits per heavy atom.